The van der Waals surface area contributed by atoms with Gasteiger partial charge in [-0.1, -0.05) is 42.2 Å². The average Bonchev–Trinajstić information content (AvgIpc) is 3.27. The number of carbonyl (C=O) groups excluding carboxylic acids is 1. The molecule has 28 heavy (non-hydrogen) atoms. The van der Waals surface area contributed by atoms with Crippen LogP contribution in [-0.2, 0) is 11.8 Å². The Labute approximate surface area is 175 Å². The summed E-state index contributed by atoms with van der Waals surface area (Å²) in [5.41, 5.74) is 2.56. The minimum atomic E-state index is -0.268. The van der Waals surface area contributed by atoms with Crippen molar-refractivity contribution in [3.8, 4) is 5.69 Å². The number of aryl methyl sites for hydroxylation is 1. The highest BCUT2D eigenvalue weighted by Gasteiger charge is 2.37. The van der Waals surface area contributed by atoms with Gasteiger partial charge in [0.2, 0.25) is 0 Å². The zero-order valence-corrected chi connectivity index (χ0v) is 18.0. The molecule has 0 aliphatic carbocycles. The fourth-order valence-corrected chi connectivity index (χ4v) is 5.31. The van der Waals surface area contributed by atoms with Gasteiger partial charge in [0.05, 0.1) is 16.3 Å². The summed E-state index contributed by atoms with van der Waals surface area (Å²) in [5.74, 6) is -0.256. The van der Waals surface area contributed by atoms with E-state index in [0.29, 0.717) is 20.6 Å². The first-order valence-corrected chi connectivity index (χ1v) is 10.7. The number of thioether (sulfide) groups is 1. The molecule has 3 aromatic rings. The van der Waals surface area contributed by atoms with Crippen LogP contribution in [0.4, 0.5) is 5.69 Å². The molecule has 0 spiro atoms. The largest absolute Gasteiger partial charge is 0.296 e. The van der Waals surface area contributed by atoms with Crippen LogP contribution in [0, 0.1) is 13.8 Å². The number of rotatable bonds is 3. The van der Waals surface area contributed by atoms with Crippen LogP contribution in [0.25, 0.3) is 11.8 Å². The van der Waals surface area contributed by atoms with Crippen LogP contribution < -0.4 is 10.5 Å². The standard InChI is InChI=1S/C20H17N3O2S3/c1-12-9-10-27-15(12)11-16-18(24)22(20(26)28-16)17-13(2)21(3)23(19(17)25)14-7-5-4-6-8-14/h4-11H,1-3H3/b16-11+. The lowest BCUT2D eigenvalue weighted by Gasteiger charge is -2.12. The lowest BCUT2D eigenvalue weighted by Crippen LogP contribution is -2.33. The Hall–Kier alpha value is -2.42. The lowest BCUT2D eigenvalue weighted by atomic mass is 10.2. The molecule has 3 heterocycles. The number of para-hydroxylation sites is 1. The number of amides is 1. The number of hydrogen-bond donors (Lipinski definition) is 0. The summed E-state index contributed by atoms with van der Waals surface area (Å²) in [4.78, 5) is 29.3. The molecule has 1 aliphatic rings. The molecule has 0 N–H and O–H groups in total. The molecule has 5 nitrogen and oxygen atoms in total. The minimum Gasteiger partial charge on any atom is -0.283 e. The fraction of sp³-hybridized carbons (Fsp3) is 0.150. The molecule has 4 rings (SSSR count). The summed E-state index contributed by atoms with van der Waals surface area (Å²) in [6.07, 6.45) is 1.85. The van der Waals surface area contributed by atoms with Crippen LogP contribution in [0.3, 0.4) is 0 Å². The van der Waals surface area contributed by atoms with Gasteiger partial charge in [-0.3, -0.25) is 19.2 Å². The number of thiocarbonyl (C=S) groups is 1. The molecule has 1 saturated heterocycles. The highest BCUT2D eigenvalue weighted by molar-refractivity contribution is 8.27. The zero-order chi connectivity index (χ0) is 20.0. The maximum atomic E-state index is 13.2. The van der Waals surface area contributed by atoms with E-state index in [1.165, 1.54) is 16.7 Å². The number of hydrogen-bond acceptors (Lipinski definition) is 5. The third-order valence-corrected chi connectivity index (χ3v) is 6.97. The first kappa shape index (κ1) is 18.9. The number of nitrogens with zero attached hydrogens (tertiary/aromatic N) is 3. The molecular formula is C20H17N3O2S3. The summed E-state index contributed by atoms with van der Waals surface area (Å²) < 4.78 is 3.67. The number of carbonyl (C=O) groups is 1. The van der Waals surface area contributed by atoms with Gasteiger partial charge in [0.1, 0.15) is 5.69 Å². The van der Waals surface area contributed by atoms with Crippen molar-refractivity contribution in [2.45, 2.75) is 13.8 Å². The first-order chi connectivity index (χ1) is 13.4. The molecule has 1 aliphatic heterocycles. The Balaban J connectivity index is 1.81. The van der Waals surface area contributed by atoms with Crippen molar-refractivity contribution in [3.05, 3.63) is 73.2 Å². The second-order valence-corrected chi connectivity index (χ2v) is 9.02. The van der Waals surface area contributed by atoms with E-state index in [4.69, 9.17) is 12.2 Å². The Kier molecular flexibility index (Phi) is 4.86. The predicted molar refractivity (Wildman–Crippen MR) is 120 cm³/mol. The highest BCUT2D eigenvalue weighted by atomic mass is 32.2. The van der Waals surface area contributed by atoms with Gasteiger partial charge in [0, 0.05) is 11.9 Å². The van der Waals surface area contributed by atoms with Gasteiger partial charge in [-0.25, -0.2) is 4.68 Å². The van der Waals surface area contributed by atoms with Crippen LogP contribution in [0.1, 0.15) is 16.1 Å². The molecule has 8 heteroatoms. The Morgan fingerprint density at radius 3 is 2.43 bits per heavy atom. The third-order valence-electron chi connectivity index (χ3n) is 4.71. The fourth-order valence-electron chi connectivity index (χ4n) is 3.12. The van der Waals surface area contributed by atoms with Gasteiger partial charge < -0.3 is 0 Å². The van der Waals surface area contributed by atoms with Crippen molar-refractivity contribution in [1.82, 2.24) is 9.36 Å². The van der Waals surface area contributed by atoms with Crippen molar-refractivity contribution in [2.24, 2.45) is 7.05 Å². The highest BCUT2D eigenvalue weighted by Crippen LogP contribution is 2.37. The van der Waals surface area contributed by atoms with E-state index in [1.54, 1.807) is 27.7 Å². The van der Waals surface area contributed by atoms with E-state index in [2.05, 4.69) is 0 Å². The predicted octanol–water partition coefficient (Wildman–Crippen LogP) is 4.26. The van der Waals surface area contributed by atoms with Crippen molar-refractivity contribution >= 4 is 57.3 Å². The van der Waals surface area contributed by atoms with E-state index >= 15 is 0 Å². The Bertz CT molecular complexity index is 1190. The van der Waals surface area contributed by atoms with Crippen LogP contribution in [0.15, 0.2) is 51.5 Å². The number of thiophene rings is 1. The van der Waals surface area contributed by atoms with Crippen molar-refractivity contribution in [2.75, 3.05) is 4.90 Å². The summed E-state index contributed by atoms with van der Waals surface area (Å²) in [6, 6.07) is 11.4. The third kappa shape index (κ3) is 2.97. The molecule has 0 saturated carbocycles. The molecule has 0 radical (unpaired) electrons. The lowest BCUT2D eigenvalue weighted by molar-refractivity contribution is -0.113. The van der Waals surface area contributed by atoms with Gasteiger partial charge in [-0.2, -0.15) is 0 Å². The van der Waals surface area contributed by atoms with E-state index in [1.807, 2.05) is 61.7 Å². The van der Waals surface area contributed by atoms with Gasteiger partial charge in [0.25, 0.3) is 11.5 Å². The molecule has 1 aromatic carbocycles. The first-order valence-electron chi connectivity index (χ1n) is 8.56. The van der Waals surface area contributed by atoms with Crippen molar-refractivity contribution in [3.63, 3.8) is 0 Å². The minimum absolute atomic E-state index is 0.256. The number of aromatic nitrogens is 2. The molecule has 1 fully saturated rings. The van der Waals surface area contributed by atoms with Crippen LogP contribution in [0.5, 0.6) is 0 Å². The molecule has 0 atom stereocenters. The maximum Gasteiger partial charge on any atom is 0.296 e. The molecule has 1 amide bonds. The van der Waals surface area contributed by atoms with Crippen molar-refractivity contribution in [1.29, 1.82) is 0 Å². The smallest absolute Gasteiger partial charge is 0.283 e. The van der Waals surface area contributed by atoms with E-state index in [0.717, 1.165) is 16.1 Å². The second kappa shape index (κ2) is 7.20. The van der Waals surface area contributed by atoms with E-state index in [-0.39, 0.29) is 11.5 Å². The van der Waals surface area contributed by atoms with Gasteiger partial charge in [0.15, 0.2) is 4.32 Å². The van der Waals surface area contributed by atoms with Crippen LogP contribution >= 0.6 is 35.3 Å². The molecule has 0 unspecified atom stereocenters. The van der Waals surface area contributed by atoms with E-state index in [9.17, 15) is 9.59 Å². The number of benzene rings is 1. The van der Waals surface area contributed by atoms with Crippen LogP contribution in [-0.4, -0.2) is 19.6 Å². The van der Waals surface area contributed by atoms with E-state index < -0.39 is 0 Å². The molecule has 2 aromatic heterocycles. The van der Waals surface area contributed by atoms with Crippen molar-refractivity contribution < 1.29 is 4.79 Å². The average molecular weight is 428 g/mol. The van der Waals surface area contributed by atoms with Gasteiger partial charge in [-0.15, -0.1) is 11.3 Å². The topological polar surface area (TPSA) is 47.2 Å². The molecular weight excluding hydrogens is 410 g/mol. The normalized spacial score (nSPS) is 15.8. The monoisotopic (exact) mass is 427 g/mol. The Morgan fingerprint density at radius 1 is 1.07 bits per heavy atom. The number of anilines is 1. The summed E-state index contributed by atoms with van der Waals surface area (Å²) in [5, 5.41) is 1.99. The Morgan fingerprint density at radius 2 is 1.79 bits per heavy atom. The quantitative estimate of drug-likeness (QED) is 0.463. The maximum absolute atomic E-state index is 13.2. The summed E-state index contributed by atoms with van der Waals surface area (Å²) in [7, 11) is 1.80. The zero-order valence-electron chi connectivity index (χ0n) is 15.5. The SMILES string of the molecule is Cc1ccsc1/C=C1/SC(=S)N(c2c(C)n(C)n(-c3ccccc3)c2=O)C1=O. The van der Waals surface area contributed by atoms with Gasteiger partial charge in [-0.05, 0) is 49.1 Å². The van der Waals surface area contributed by atoms with Crippen LogP contribution in [0.2, 0.25) is 0 Å². The summed E-state index contributed by atoms with van der Waals surface area (Å²) >= 11 is 8.27. The molecule has 0 bridgehead atoms. The summed E-state index contributed by atoms with van der Waals surface area (Å²) in [6.45, 7) is 3.82. The second-order valence-electron chi connectivity index (χ2n) is 6.40. The molecule has 142 valence electrons. The van der Waals surface area contributed by atoms with Gasteiger partial charge >= 0.3 is 0 Å².